The van der Waals surface area contributed by atoms with Gasteiger partial charge in [0.05, 0.1) is 11.9 Å². The summed E-state index contributed by atoms with van der Waals surface area (Å²) in [7, 11) is 0. The number of hydrogen-bond acceptors (Lipinski definition) is 4. The fourth-order valence-electron chi connectivity index (χ4n) is 2.24. The van der Waals surface area contributed by atoms with Crippen LogP contribution >= 0.6 is 11.3 Å². The van der Waals surface area contributed by atoms with Gasteiger partial charge in [0, 0.05) is 23.2 Å². The number of fused-ring (bicyclic) bond motifs is 1. The van der Waals surface area contributed by atoms with E-state index in [-0.39, 0.29) is 6.04 Å². The lowest BCUT2D eigenvalue weighted by Gasteiger charge is -2.07. The first-order chi connectivity index (χ1) is 7.86. The molecule has 1 atom stereocenters. The molecule has 2 heterocycles. The van der Waals surface area contributed by atoms with Gasteiger partial charge >= 0.3 is 0 Å². The molecular formula is C11H14N4S. The van der Waals surface area contributed by atoms with Gasteiger partial charge in [-0.15, -0.1) is 11.3 Å². The monoisotopic (exact) mass is 234 g/mol. The third kappa shape index (κ3) is 1.56. The van der Waals surface area contributed by atoms with Crippen LogP contribution in [0.3, 0.4) is 0 Å². The maximum atomic E-state index is 6.14. The summed E-state index contributed by atoms with van der Waals surface area (Å²) in [5, 5.41) is 7.33. The molecular weight excluding hydrogens is 220 g/mol. The van der Waals surface area contributed by atoms with Crippen LogP contribution in [0.25, 0.3) is 5.13 Å². The first-order valence-corrected chi connectivity index (χ1v) is 6.46. The first kappa shape index (κ1) is 9.99. The van der Waals surface area contributed by atoms with E-state index in [1.807, 2.05) is 22.5 Å². The van der Waals surface area contributed by atoms with E-state index in [4.69, 9.17) is 5.73 Å². The number of aromatic nitrogens is 3. The topological polar surface area (TPSA) is 56.7 Å². The van der Waals surface area contributed by atoms with Crippen LogP contribution in [0.15, 0.2) is 17.8 Å². The van der Waals surface area contributed by atoms with E-state index in [9.17, 15) is 0 Å². The second-order valence-electron chi connectivity index (χ2n) is 4.13. The summed E-state index contributed by atoms with van der Waals surface area (Å²) in [4.78, 5) is 4.30. The molecule has 0 aliphatic heterocycles. The maximum absolute atomic E-state index is 6.14. The average Bonchev–Trinajstić information content (AvgIpc) is 2.89. The highest BCUT2D eigenvalue weighted by Crippen LogP contribution is 2.28. The number of thiazole rings is 1. The third-order valence-corrected chi connectivity index (χ3v) is 3.83. The zero-order chi connectivity index (χ0) is 11.0. The SMILES string of the molecule is NC1CCCCc2c1cnn2-c1nccs1. The Morgan fingerprint density at radius 3 is 3.19 bits per heavy atom. The molecule has 0 bridgehead atoms. The van der Waals surface area contributed by atoms with Crippen LogP contribution in [0, 0.1) is 0 Å². The normalized spacial score (nSPS) is 20.4. The molecule has 0 aromatic carbocycles. The number of hydrogen-bond donors (Lipinski definition) is 1. The van der Waals surface area contributed by atoms with Crippen LogP contribution in [-0.4, -0.2) is 14.8 Å². The zero-order valence-electron chi connectivity index (χ0n) is 8.97. The molecule has 1 unspecified atom stereocenters. The molecule has 16 heavy (non-hydrogen) atoms. The van der Waals surface area contributed by atoms with E-state index in [1.165, 1.54) is 24.1 Å². The molecule has 2 aromatic rings. The Morgan fingerprint density at radius 1 is 1.44 bits per heavy atom. The molecule has 0 saturated heterocycles. The Labute approximate surface area is 98.1 Å². The van der Waals surface area contributed by atoms with Crippen molar-refractivity contribution in [2.45, 2.75) is 31.7 Å². The quantitative estimate of drug-likeness (QED) is 0.768. The highest BCUT2D eigenvalue weighted by molar-refractivity contribution is 7.12. The standard InChI is InChI=1S/C11H14N4S/c12-9-3-1-2-4-10-8(9)7-14-15(10)11-13-5-6-16-11/h5-7,9H,1-4,12H2. The highest BCUT2D eigenvalue weighted by Gasteiger charge is 2.20. The Hall–Kier alpha value is -1.20. The number of nitrogens with two attached hydrogens (primary N) is 1. The largest absolute Gasteiger partial charge is 0.324 e. The summed E-state index contributed by atoms with van der Waals surface area (Å²) < 4.78 is 1.95. The van der Waals surface area contributed by atoms with E-state index in [2.05, 4.69) is 10.1 Å². The fraction of sp³-hybridized carbons (Fsp3) is 0.455. The molecule has 4 nitrogen and oxygen atoms in total. The van der Waals surface area contributed by atoms with Gasteiger partial charge in [-0.3, -0.25) is 0 Å². The molecule has 0 amide bonds. The van der Waals surface area contributed by atoms with Gasteiger partial charge in [-0.05, 0) is 19.3 Å². The molecule has 2 aromatic heterocycles. The summed E-state index contributed by atoms with van der Waals surface area (Å²) in [6, 6.07) is 0.145. The lowest BCUT2D eigenvalue weighted by Crippen LogP contribution is -2.10. The van der Waals surface area contributed by atoms with Gasteiger partial charge in [-0.25, -0.2) is 9.67 Å². The predicted octanol–water partition coefficient (Wildman–Crippen LogP) is 2.06. The van der Waals surface area contributed by atoms with Crippen molar-refractivity contribution >= 4 is 11.3 Å². The molecule has 84 valence electrons. The van der Waals surface area contributed by atoms with Crippen LogP contribution in [-0.2, 0) is 6.42 Å². The van der Waals surface area contributed by atoms with Gasteiger partial charge in [0.2, 0.25) is 5.13 Å². The molecule has 0 fully saturated rings. The zero-order valence-corrected chi connectivity index (χ0v) is 9.78. The lowest BCUT2D eigenvalue weighted by atomic mass is 10.1. The molecule has 2 N–H and O–H groups in total. The minimum absolute atomic E-state index is 0.145. The Kier molecular flexibility index (Phi) is 2.49. The van der Waals surface area contributed by atoms with E-state index < -0.39 is 0 Å². The van der Waals surface area contributed by atoms with E-state index in [0.29, 0.717) is 0 Å². The van der Waals surface area contributed by atoms with Gasteiger partial charge in [-0.2, -0.15) is 5.10 Å². The van der Waals surface area contributed by atoms with E-state index >= 15 is 0 Å². The molecule has 0 spiro atoms. The van der Waals surface area contributed by atoms with Crippen molar-refractivity contribution in [2.75, 3.05) is 0 Å². The van der Waals surface area contributed by atoms with Gasteiger partial charge in [0.25, 0.3) is 0 Å². The van der Waals surface area contributed by atoms with E-state index in [0.717, 1.165) is 18.0 Å². The van der Waals surface area contributed by atoms with Crippen LogP contribution in [0.2, 0.25) is 0 Å². The fourth-order valence-corrected chi connectivity index (χ4v) is 2.87. The number of rotatable bonds is 1. The third-order valence-electron chi connectivity index (χ3n) is 3.08. The molecule has 0 saturated carbocycles. The maximum Gasteiger partial charge on any atom is 0.210 e. The Morgan fingerprint density at radius 2 is 2.38 bits per heavy atom. The number of nitrogens with zero attached hydrogens (tertiary/aromatic N) is 3. The van der Waals surface area contributed by atoms with E-state index in [1.54, 1.807) is 11.3 Å². The van der Waals surface area contributed by atoms with Crippen molar-refractivity contribution in [2.24, 2.45) is 5.73 Å². The summed E-state index contributed by atoms with van der Waals surface area (Å²) in [5.74, 6) is 0. The molecule has 1 aliphatic rings. The van der Waals surface area contributed by atoms with Crippen LogP contribution in [0.1, 0.15) is 36.6 Å². The van der Waals surface area contributed by atoms with Crippen molar-refractivity contribution < 1.29 is 0 Å². The van der Waals surface area contributed by atoms with Crippen LogP contribution in [0.4, 0.5) is 0 Å². The second kappa shape index (κ2) is 3.99. The van der Waals surface area contributed by atoms with Gasteiger partial charge < -0.3 is 5.73 Å². The van der Waals surface area contributed by atoms with Crippen molar-refractivity contribution in [3.63, 3.8) is 0 Å². The van der Waals surface area contributed by atoms with Gasteiger partial charge in [0.15, 0.2) is 0 Å². The van der Waals surface area contributed by atoms with Crippen molar-refractivity contribution in [3.05, 3.63) is 29.0 Å². The second-order valence-corrected chi connectivity index (χ2v) is 5.00. The molecule has 0 radical (unpaired) electrons. The lowest BCUT2D eigenvalue weighted by molar-refractivity contribution is 0.611. The summed E-state index contributed by atoms with van der Waals surface area (Å²) in [6.07, 6.45) is 8.24. The van der Waals surface area contributed by atoms with Gasteiger partial charge in [-0.1, -0.05) is 6.42 Å². The minimum Gasteiger partial charge on any atom is -0.324 e. The molecule has 5 heteroatoms. The van der Waals surface area contributed by atoms with Crippen molar-refractivity contribution in [1.29, 1.82) is 0 Å². The average molecular weight is 234 g/mol. The predicted molar refractivity (Wildman–Crippen MR) is 63.7 cm³/mol. The van der Waals surface area contributed by atoms with Gasteiger partial charge in [0.1, 0.15) is 0 Å². The van der Waals surface area contributed by atoms with Crippen LogP contribution < -0.4 is 5.73 Å². The minimum atomic E-state index is 0.145. The summed E-state index contributed by atoms with van der Waals surface area (Å²) in [5.41, 5.74) is 8.59. The summed E-state index contributed by atoms with van der Waals surface area (Å²) in [6.45, 7) is 0. The first-order valence-electron chi connectivity index (χ1n) is 5.58. The summed E-state index contributed by atoms with van der Waals surface area (Å²) >= 11 is 1.61. The Bertz CT molecular complexity index is 474. The molecule has 3 rings (SSSR count). The smallest absolute Gasteiger partial charge is 0.210 e. The van der Waals surface area contributed by atoms with Crippen molar-refractivity contribution in [3.8, 4) is 5.13 Å². The molecule has 1 aliphatic carbocycles. The van der Waals surface area contributed by atoms with Crippen molar-refractivity contribution in [1.82, 2.24) is 14.8 Å². The van der Waals surface area contributed by atoms with Crippen LogP contribution in [0.5, 0.6) is 0 Å². The highest BCUT2D eigenvalue weighted by atomic mass is 32.1. The Balaban J connectivity index is 2.08.